The number of halogens is 1. The minimum atomic E-state index is -0.579. The molecule has 2 heterocycles. The molecule has 6 aromatic rings. The first-order valence-corrected chi connectivity index (χ1v) is 19.6. The third-order valence-corrected chi connectivity index (χ3v) is 11.4. The van der Waals surface area contributed by atoms with Gasteiger partial charge in [0.2, 0.25) is 5.13 Å². The van der Waals surface area contributed by atoms with Crippen LogP contribution in [0.5, 0.6) is 11.5 Å². The zero-order chi connectivity index (χ0) is 36.7. The third kappa shape index (κ3) is 8.51. The summed E-state index contributed by atoms with van der Waals surface area (Å²) in [5.74, 6) is 1.09. The van der Waals surface area contributed by atoms with Crippen molar-refractivity contribution in [2.24, 2.45) is 11.0 Å². The zero-order valence-electron chi connectivity index (χ0n) is 29.2. The molecule has 0 aliphatic heterocycles. The van der Waals surface area contributed by atoms with Crippen molar-refractivity contribution in [3.05, 3.63) is 95.0 Å². The van der Waals surface area contributed by atoms with E-state index in [-0.39, 0.29) is 24.5 Å². The van der Waals surface area contributed by atoms with Crippen molar-refractivity contribution >= 4 is 90.0 Å². The number of aromatic nitrogens is 3. The predicted molar refractivity (Wildman–Crippen MR) is 213 cm³/mol. The number of anilines is 1. The van der Waals surface area contributed by atoms with Gasteiger partial charge in [-0.25, -0.2) is 14.6 Å². The molecule has 7 rings (SSSR count). The molecule has 0 bridgehead atoms. The number of benzene rings is 4. The van der Waals surface area contributed by atoms with E-state index in [0.717, 1.165) is 55.7 Å². The number of fused-ring (bicyclic) bond motifs is 4. The Morgan fingerprint density at radius 1 is 1.00 bits per heavy atom. The molecule has 0 spiro atoms. The molecule has 10 nitrogen and oxygen atoms in total. The lowest BCUT2D eigenvalue weighted by molar-refractivity contribution is -0.137. The van der Waals surface area contributed by atoms with Crippen molar-refractivity contribution in [3.63, 3.8) is 0 Å². The van der Waals surface area contributed by atoms with Crippen LogP contribution in [0.2, 0.25) is 5.02 Å². The van der Waals surface area contributed by atoms with E-state index in [0.29, 0.717) is 33.8 Å². The van der Waals surface area contributed by atoms with Crippen molar-refractivity contribution in [1.29, 1.82) is 0 Å². The van der Waals surface area contributed by atoms with Crippen molar-refractivity contribution in [2.45, 2.75) is 57.8 Å². The van der Waals surface area contributed by atoms with Gasteiger partial charge in [-0.15, -0.1) is 0 Å². The molecule has 4 aromatic carbocycles. The molecule has 53 heavy (non-hydrogen) atoms. The smallest absolute Gasteiger partial charge is 0.343 e. The van der Waals surface area contributed by atoms with Crippen molar-refractivity contribution in [2.75, 3.05) is 18.6 Å². The molecule has 1 N–H and O–H groups in total. The van der Waals surface area contributed by atoms with Gasteiger partial charge in [0.1, 0.15) is 28.0 Å². The van der Waals surface area contributed by atoms with Crippen LogP contribution in [-0.4, -0.2) is 45.1 Å². The van der Waals surface area contributed by atoms with Crippen LogP contribution in [0.15, 0.2) is 78.4 Å². The summed E-state index contributed by atoms with van der Waals surface area (Å²) in [6, 6.07) is 19.0. The zero-order valence-corrected chi connectivity index (χ0v) is 31.6. The number of hydrogen-bond donors (Lipinski definition) is 1. The number of ether oxygens (including phenoxy) is 3. The summed E-state index contributed by atoms with van der Waals surface area (Å²) in [4.78, 5) is 29.6. The first kappa shape index (κ1) is 36.4. The topological polar surface area (TPSA) is 125 Å². The van der Waals surface area contributed by atoms with Crippen LogP contribution in [0.3, 0.4) is 0 Å². The quantitative estimate of drug-likeness (QED) is 0.0288. The first-order valence-electron chi connectivity index (χ1n) is 17.7. The second-order valence-electron chi connectivity index (χ2n) is 13.0. The van der Waals surface area contributed by atoms with E-state index >= 15 is 0 Å². The number of carbonyl (C=O) groups excluding carboxylic acids is 2. The summed E-state index contributed by atoms with van der Waals surface area (Å²) in [6.45, 7) is 6.10. The van der Waals surface area contributed by atoms with Gasteiger partial charge >= 0.3 is 11.9 Å². The van der Waals surface area contributed by atoms with E-state index in [4.69, 9.17) is 25.8 Å². The fraction of sp³-hybridized carbons (Fsp3) is 0.300. The van der Waals surface area contributed by atoms with E-state index in [1.54, 1.807) is 30.5 Å². The molecule has 1 saturated carbocycles. The van der Waals surface area contributed by atoms with Crippen LogP contribution < -0.4 is 14.9 Å². The second-order valence-corrected chi connectivity index (χ2v) is 15.0. The number of esters is 2. The number of nitrogens with zero attached hydrogens (tertiary/aromatic N) is 4. The minimum absolute atomic E-state index is 0.174. The van der Waals surface area contributed by atoms with E-state index in [2.05, 4.69) is 49.9 Å². The van der Waals surface area contributed by atoms with Gasteiger partial charge in [0.15, 0.2) is 0 Å². The van der Waals surface area contributed by atoms with E-state index in [9.17, 15) is 9.59 Å². The minimum Gasteiger partial charge on any atom is -0.493 e. The Bertz CT molecular complexity index is 2310. The van der Waals surface area contributed by atoms with Crippen molar-refractivity contribution in [3.8, 4) is 11.5 Å². The molecule has 1 fully saturated rings. The summed E-state index contributed by atoms with van der Waals surface area (Å²) in [6.07, 6.45) is 10.7. The highest BCUT2D eigenvalue weighted by Gasteiger charge is 2.23. The van der Waals surface area contributed by atoms with Gasteiger partial charge in [-0.05, 0) is 84.9 Å². The summed E-state index contributed by atoms with van der Waals surface area (Å²) in [7, 11) is 0. The first-order chi connectivity index (χ1) is 25.9. The molecule has 2 aromatic heterocycles. The van der Waals surface area contributed by atoms with Gasteiger partial charge in [0.05, 0.1) is 46.4 Å². The van der Waals surface area contributed by atoms with Crippen LogP contribution in [0.1, 0.15) is 79.3 Å². The lowest BCUT2D eigenvalue weighted by atomic mass is 9.77. The fourth-order valence-electron chi connectivity index (χ4n) is 6.80. The molecule has 1 aliphatic carbocycles. The molecular weight excluding hydrogens is 730 g/mol. The van der Waals surface area contributed by atoms with Crippen LogP contribution in [0, 0.1) is 5.92 Å². The lowest BCUT2D eigenvalue weighted by Crippen LogP contribution is -2.13. The van der Waals surface area contributed by atoms with Gasteiger partial charge in [-0.2, -0.15) is 13.8 Å². The lowest BCUT2D eigenvalue weighted by Gasteiger charge is -2.28. The number of hydrogen-bond acceptors (Lipinski definition) is 12. The molecular formula is C40H38ClN5O5S2. The highest BCUT2D eigenvalue weighted by atomic mass is 35.5. The molecule has 0 amide bonds. The Hall–Kier alpha value is -4.91. The van der Waals surface area contributed by atoms with E-state index < -0.39 is 11.9 Å². The van der Waals surface area contributed by atoms with Crippen LogP contribution in [-0.2, 0) is 9.53 Å². The van der Waals surface area contributed by atoms with Gasteiger partial charge in [-0.3, -0.25) is 5.43 Å². The van der Waals surface area contributed by atoms with Crippen LogP contribution in [0.25, 0.3) is 32.0 Å². The molecule has 0 saturated heterocycles. The third-order valence-electron chi connectivity index (χ3n) is 9.51. The largest absolute Gasteiger partial charge is 0.493 e. The average molecular weight is 768 g/mol. The molecule has 13 heteroatoms. The van der Waals surface area contributed by atoms with Crippen molar-refractivity contribution < 1.29 is 23.8 Å². The maximum atomic E-state index is 13.5. The van der Waals surface area contributed by atoms with Gasteiger partial charge < -0.3 is 14.2 Å². The monoisotopic (exact) mass is 767 g/mol. The highest BCUT2D eigenvalue weighted by Crippen LogP contribution is 2.40. The van der Waals surface area contributed by atoms with Crippen LogP contribution in [0.4, 0.5) is 5.13 Å². The summed E-state index contributed by atoms with van der Waals surface area (Å²) in [5.41, 5.74) is 7.41. The SMILES string of the molecule is C=CC(=O)OCCCOc1ccc(C(=O)Oc2ccc3cc(C4CCC(CCC)CC4)ccc3c2Cl)cc1/C=N/Nc1nc2c(ccc3nsnc32)s1. The normalized spacial score (nSPS) is 16.0. The Morgan fingerprint density at radius 3 is 2.68 bits per heavy atom. The summed E-state index contributed by atoms with van der Waals surface area (Å²) < 4.78 is 26.5. The predicted octanol–water partition coefficient (Wildman–Crippen LogP) is 10.3. The van der Waals surface area contributed by atoms with E-state index in [1.807, 2.05) is 24.3 Å². The Morgan fingerprint density at radius 2 is 1.85 bits per heavy atom. The van der Waals surface area contributed by atoms with Crippen molar-refractivity contribution in [1.82, 2.24) is 13.7 Å². The number of carbonyl (C=O) groups is 2. The fourth-order valence-corrected chi connectivity index (χ4v) is 8.43. The summed E-state index contributed by atoms with van der Waals surface area (Å²) in [5, 5.41) is 7.22. The highest BCUT2D eigenvalue weighted by molar-refractivity contribution is 7.22. The Balaban J connectivity index is 1.07. The number of nitrogens with one attached hydrogen (secondary N) is 1. The number of thiazole rings is 1. The molecule has 0 radical (unpaired) electrons. The van der Waals surface area contributed by atoms with Gasteiger partial charge in [0.25, 0.3) is 0 Å². The molecule has 272 valence electrons. The average Bonchev–Trinajstić information content (AvgIpc) is 3.83. The molecule has 0 atom stereocenters. The maximum absolute atomic E-state index is 13.5. The van der Waals surface area contributed by atoms with Gasteiger partial charge in [-0.1, -0.05) is 73.5 Å². The van der Waals surface area contributed by atoms with E-state index in [1.165, 1.54) is 55.4 Å². The number of rotatable bonds is 14. The second kappa shape index (κ2) is 16.8. The number of hydrazone groups is 1. The molecule has 1 aliphatic rings. The van der Waals surface area contributed by atoms with Crippen LogP contribution >= 0.6 is 34.7 Å². The molecule has 0 unspecified atom stereocenters. The summed E-state index contributed by atoms with van der Waals surface area (Å²) >= 11 is 9.42. The standard InChI is InChI=1S/C40H38ClN5O5S2/c1-3-6-24-7-9-25(10-8-24)26-11-14-30-27(21-26)12-17-33(36(30)41)51-39(48)28-13-16-32(49-19-5-20-50-35(47)4-2)29(22-28)23-42-44-40-43-38-34(52-40)18-15-31-37(38)46-53-45-31/h4,11-18,21-25H,2-3,5-10,19-20H2,1H3,(H,43,44)/b42-23+. The maximum Gasteiger partial charge on any atom is 0.343 e. The Kier molecular flexibility index (Phi) is 11.6. The Labute approximate surface area is 320 Å². The van der Waals surface area contributed by atoms with Gasteiger partial charge in [0, 0.05) is 23.4 Å².